The molecule has 0 aliphatic rings. The normalized spacial score (nSPS) is 12.4. The van der Waals surface area contributed by atoms with Crippen molar-refractivity contribution in [3.63, 3.8) is 0 Å². The first-order valence-corrected chi connectivity index (χ1v) is 6.93. The summed E-state index contributed by atoms with van der Waals surface area (Å²) in [4.78, 5) is 13.4. The Hall–Kier alpha value is -1.32. The quantitative estimate of drug-likeness (QED) is 0.484. The Morgan fingerprint density at radius 1 is 1.30 bits per heavy atom. The van der Waals surface area contributed by atoms with Gasteiger partial charge in [0.25, 0.3) is 0 Å². The number of rotatable bonds is 4. The van der Waals surface area contributed by atoms with E-state index in [1.54, 1.807) is 13.8 Å². The van der Waals surface area contributed by atoms with E-state index in [9.17, 15) is 4.79 Å². The highest BCUT2D eigenvalue weighted by molar-refractivity contribution is 6.20. The fourth-order valence-electron chi connectivity index (χ4n) is 1.21. The Balaban J connectivity index is 0.000000796. The van der Waals surface area contributed by atoms with Crippen molar-refractivity contribution in [2.24, 2.45) is 0 Å². The van der Waals surface area contributed by atoms with Crippen LogP contribution < -0.4 is 0 Å². The predicted octanol–water partition coefficient (Wildman–Crippen LogP) is 3.48. The number of carbonyl (C=O) groups excluding carboxylic acids is 1. The monoisotopic (exact) mass is 297 g/mol. The maximum absolute atomic E-state index is 11.4. The number of benzene rings is 1. The van der Waals surface area contributed by atoms with Gasteiger partial charge in [-0.05, 0) is 47.0 Å². The molecule has 3 nitrogen and oxygen atoms in total. The minimum absolute atomic E-state index is 0.363. The lowest BCUT2D eigenvalue weighted by Gasteiger charge is -2.06. The fourth-order valence-corrected chi connectivity index (χ4v) is 1.29. The zero-order chi connectivity index (χ0) is 15.5. The van der Waals surface area contributed by atoms with E-state index in [1.807, 2.05) is 62.5 Å². The second-order valence-electron chi connectivity index (χ2n) is 4.87. The van der Waals surface area contributed by atoms with Gasteiger partial charge in [0.05, 0.1) is 0 Å². The lowest BCUT2D eigenvalue weighted by molar-refractivity contribution is -0.140. The van der Waals surface area contributed by atoms with E-state index in [1.165, 1.54) is 0 Å². The number of hydrogen-bond donors (Lipinski definition) is 0. The van der Waals surface area contributed by atoms with Crippen LogP contribution in [0, 0.1) is 0 Å². The number of alkyl halides is 1. The van der Waals surface area contributed by atoms with Crippen LogP contribution in [0.4, 0.5) is 0 Å². The fraction of sp³-hybridized carbons (Fsp3) is 0.438. The zero-order valence-electron chi connectivity index (χ0n) is 12.9. The second-order valence-corrected chi connectivity index (χ2v) is 5.48. The molecule has 0 fully saturated rings. The number of hydrogen-bond acceptors (Lipinski definition) is 3. The highest BCUT2D eigenvalue weighted by Gasteiger charge is 2.08. The van der Waals surface area contributed by atoms with Gasteiger partial charge < -0.3 is 9.64 Å². The number of esters is 1. The van der Waals surface area contributed by atoms with Crippen molar-refractivity contribution in [3.05, 3.63) is 47.5 Å². The average Bonchev–Trinajstić information content (AvgIpc) is 2.35. The van der Waals surface area contributed by atoms with E-state index in [4.69, 9.17) is 16.3 Å². The van der Waals surface area contributed by atoms with Crippen LogP contribution in [-0.2, 0) is 16.0 Å². The van der Waals surface area contributed by atoms with Crippen molar-refractivity contribution in [2.75, 3.05) is 21.1 Å². The molecular formula is C16H24ClNO2. The summed E-state index contributed by atoms with van der Waals surface area (Å²) in [5.74, 6) is -0.363. The van der Waals surface area contributed by atoms with Crippen LogP contribution in [0.25, 0.3) is 0 Å². The van der Waals surface area contributed by atoms with Gasteiger partial charge >= 0.3 is 5.97 Å². The summed E-state index contributed by atoms with van der Waals surface area (Å²) in [6.45, 7) is 3.34. The summed E-state index contributed by atoms with van der Waals surface area (Å²) in [6.07, 6.45) is 2.56. The van der Waals surface area contributed by atoms with Crippen LogP contribution in [0.3, 0.4) is 0 Å². The third kappa shape index (κ3) is 10.6. The van der Waals surface area contributed by atoms with Crippen molar-refractivity contribution >= 4 is 17.6 Å². The molecule has 0 aliphatic heterocycles. The summed E-state index contributed by atoms with van der Waals surface area (Å²) in [6, 6.07) is 9.93. The first-order chi connectivity index (χ1) is 9.32. The molecule has 0 N–H and O–H groups in total. The van der Waals surface area contributed by atoms with Gasteiger partial charge in [0.15, 0.2) is 5.56 Å². The number of allylic oxidation sites excluding steroid dienone is 1. The molecule has 0 bridgehead atoms. The van der Waals surface area contributed by atoms with Crippen molar-refractivity contribution in [3.8, 4) is 0 Å². The standard InChI is InChI=1S/C13H15ClO2.C3H9N/c1-10(13(15)16-11(2)14)8-9-12-6-4-3-5-7-12;1-4(2)3/h3-8,11H,9H2,1-2H3;1-3H3. The van der Waals surface area contributed by atoms with Crippen LogP contribution in [0.5, 0.6) is 0 Å². The summed E-state index contributed by atoms with van der Waals surface area (Å²) >= 11 is 5.56. The largest absolute Gasteiger partial charge is 0.443 e. The molecule has 0 radical (unpaired) electrons. The van der Waals surface area contributed by atoms with Crippen molar-refractivity contribution in [1.29, 1.82) is 0 Å². The van der Waals surface area contributed by atoms with Crippen LogP contribution in [0.15, 0.2) is 42.0 Å². The minimum Gasteiger partial charge on any atom is -0.443 e. The Labute approximate surface area is 127 Å². The van der Waals surface area contributed by atoms with E-state index < -0.39 is 5.56 Å². The molecule has 1 unspecified atom stereocenters. The highest BCUT2D eigenvalue weighted by atomic mass is 35.5. The SMILES string of the molecule is CC(=CCc1ccccc1)C(=O)OC(C)Cl.CN(C)C. The Kier molecular flexibility index (Phi) is 9.77. The molecule has 0 aromatic heterocycles. The molecule has 20 heavy (non-hydrogen) atoms. The molecule has 4 heteroatoms. The summed E-state index contributed by atoms with van der Waals surface area (Å²) in [5.41, 5.74) is 1.15. The molecule has 0 amide bonds. The van der Waals surface area contributed by atoms with E-state index in [0.717, 1.165) is 12.0 Å². The van der Waals surface area contributed by atoms with Gasteiger partial charge in [-0.25, -0.2) is 4.79 Å². The van der Waals surface area contributed by atoms with Crippen molar-refractivity contribution in [1.82, 2.24) is 4.90 Å². The number of nitrogens with zero attached hydrogens (tertiary/aromatic N) is 1. The van der Waals surface area contributed by atoms with Crippen molar-refractivity contribution < 1.29 is 9.53 Å². The molecule has 0 saturated carbocycles. The van der Waals surface area contributed by atoms with Gasteiger partial charge in [0, 0.05) is 5.57 Å². The van der Waals surface area contributed by atoms with Gasteiger partial charge in [-0.2, -0.15) is 0 Å². The topological polar surface area (TPSA) is 29.5 Å². The van der Waals surface area contributed by atoms with Gasteiger partial charge in [-0.15, -0.1) is 0 Å². The molecule has 0 aliphatic carbocycles. The van der Waals surface area contributed by atoms with Gasteiger partial charge in [-0.3, -0.25) is 0 Å². The Bertz CT molecular complexity index is 411. The third-order valence-electron chi connectivity index (χ3n) is 2.08. The summed E-state index contributed by atoms with van der Waals surface area (Å²) < 4.78 is 4.86. The van der Waals surface area contributed by atoms with E-state index in [2.05, 4.69) is 0 Å². The molecule has 0 saturated heterocycles. The maximum atomic E-state index is 11.4. The number of carbonyl (C=O) groups is 1. The van der Waals surface area contributed by atoms with Crippen LogP contribution in [-0.4, -0.2) is 37.6 Å². The Morgan fingerprint density at radius 3 is 2.25 bits per heavy atom. The third-order valence-corrected chi connectivity index (χ3v) is 2.17. The van der Waals surface area contributed by atoms with E-state index in [-0.39, 0.29) is 5.97 Å². The summed E-state index contributed by atoms with van der Waals surface area (Å²) in [5, 5.41) is 0. The number of ether oxygens (including phenoxy) is 1. The first-order valence-electron chi connectivity index (χ1n) is 6.49. The summed E-state index contributed by atoms with van der Waals surface area (Å²) in [7, 11) is 6.00. The van der Waals surface area contributed by atoms with Gasteiger partial charge in [-0.1, -0.05) is 48.0 Å². The highest BCUT2D eigenvalue weighted by Crippen LogP contribution is 2.06. The molecule has 1 aromatic carbocycles. The molecular weight excluding hydrogens is 274 g/mol. The number of halogens is 1. The minimum atomic E-state index is -0.590. The molecule has 1 aromatic rings. The van der Waals surface area contributed by atoms with Crippen molar-refractivity contribution in [2.45, 2.75) is 25.8 Å². The molecule has 1 atom stereocenters. The van der Waals surface area contributed by atoms with Crippen LogP contribution >= 0.6 is 11.6 Å². The molecule has 1 rings (SSSR count). The predicted molar refractivity (Wildman–Crippen MR) is 84.9 cm³/mol. The Morgan fingerprint density at radius 2 is 1.80 bits per heavy atom. The maximum Gasteiger partial charge on any atom is 0.334 e. The average molecular weight is 298 g/mol. The lowest BCUT2D eigenvalue weighted by atomic mass is 10.1. The first kappa shape index (κ1) is 18.7. The van der Waals surface area contributed by atoms with E-state index >= 15 is 0 Å². The second kappa shape index (κ2) is 10.5. The van der Waals surface area contributed by atoms with E-state index in [0.29, 0.717) is 5.57 Å². The van der Waals surface area contributed by atoms with Crippen LogP contribution in [0.1, 0.15) is 19.4 Å². The van der Waals surface area contributed by atoms with Crippen LogP contribution in [0.2, 0.25) is 0 Å². The molecule has 0 heterocycles. The zero-order valence-corrected chi connectivity index (χ0v) is 13.6. The van der Waals surface area contributed by atoms with Gasteiger partial charge in [0.1, 0.15) is 0 Å². The lowest BCUT2D eigenvalue weighted by Crippen LogP contribution is -2.10. The van der Waals surface area contributed by atoms with Gasteiger partial charge in [0.2, 0.25) is 0 Å². The smallest absolute Gasteiger partial charge is 0.334 e. The molecule has 112 valence electrons. The molecule has 0 spiro atoms.